The molecule has 0 bridgehead atoms. The minimum absolute atomic E-state index is 0.0831. The molecule has 104 valence electrons. The lowest BCUT2D eigenvalue weighted by Crippen LogP contribution is -2.28. The highest BCUT2D eigenvalue weighted by molar-refractivity contribution is 7.20. The Morgan fingerprint density at radius 2 is 2.00 bits per heavy atom. The van der Waals surface area contributed by atoms with Gasteiger partial charge in [0.1, 0.15) is 0 Å². The zero-order valence-electron chi connectivity index (χ0n) is 11.4. The van der Waals surface area contributed by atoms with Gasteiger partial charge >= 0.3 is 0 Å². The van der Waals surface area contributed by atoms with Crippen molar-refractivity contribution in [2.75, 3.05) is 17.2 Å². The second kappa shape index (κ2) is 4.60. The predicted molar refractivity (Wildman–Crippen MR) is 88.1 cm³/mol. The van der Waals surface area contributed by atoms with Crippen molar-refractivity contribution in [1.29, 1.82) is 0 Å². The molecule has 0 saturated heterocycles. The number of carbonyl (C=O) groups excluding carboxylic acids is 1. The molecule has 1 amide bonds. The Morgan fingerprint density at radius 1 is 1.14 bits per heavy atom. The number of hydrogen-bond acceptors (Lipinski definition) is 3. The molecule has 2 N–H and O–H groups in total. The average Bonchev–Trinajstić information content (AvgIpc) is 3.09. The van der Waals surface area contributed by atoms with Crippen LogP contribution in [0.2, 0.25) is 0 Å². The van der Waals surface area contributed by atoms with Gasteiger partial charge in [-0.05, 0) is 47.7 Å². The molecule has 2 heterocycles. The van der Waals surface area contributed by atoms with Gasteiger partial charge in [0.25, 0.3) is 5.91 Å². The molecule has 0 unspecified atom stereocenters. The van der Waals surface area contributed by atoms with Crippen LogP contribution in [0.3, 0.4) is 0 Å². The summed E-state index contributed by atoms with van der Waals surface area (Å²) in [5.74, 6) is 0.0831. The average molecular weight is 294 g/mol. The largest absolute Gasteiger partial charge is 0.399 e. The molecule has 1 aliphatic rings. The molecule has 4 heteroatoms. The van der Waals surface area contributed by atoms with Crippen molar-refractivity contribution >= 4 is 38.7 Å². The fraction of sp³-hybridized carbons (Fsp3) is 0.118. The van der Waals surface area contributed by atoms with Gasteiger partial charge in [0.15, 0.2) is 0 Å². The van der Waals surface area contributed by atoms with Crippen LogP contribution in [0.25, 0.3) is 10.1 Å². The van der Waals surface area contributed by atoms with Crippen LogP contribution in [0.1, 0.15) is 15.2 Å². The van der Waals surface area contributed by atoms with Crippen molar-refractivity contribution in [1.82, 2.24) is 0 Å². The van der Waals surface area contributed by atoms with Crippen molar-refractivity contribution in [2.45, 2.75) is 6.42 Å². The zero-order chi connectivity index (χ0) is 14.4. The molecule has 1 aromatic heterocycles. The first-order chi connectivity index (χ1) is 10.2. The molecule has 4 rings (SSSR count). The maximum absolute atomic E-state index is 12.8. The predicted octanol–water partition coefficient (Wildman–Crippen LogP) is 3.69. The van der Waals surface area contributed by atoms with Crippen LogP contribution >= 0.6 is 11.3 Å². The Balaban J connectivity index is 1.73. The molecule has 21 heavy (non-hydrogen) atoms. The van der Waals surface area contributed by atoms with E-state index in [4.69, 9.17) is 5.73 Å². The second-order valence-corrected chi connectivity index (χ2v) is 6.33. The second-order valence-electron chi connectivity index (χ2n) is 5.24. The summed E-state index contributed by atoms with van der Waals surface area (Å²) in [5, 5.41) is 1.13. The SMILES string of the molecule is Nc1ccc2c(c1)CCN2C(=O)c1cc2ccccc2s1. The quantitative estimate of drug-likeness (QED) is 0.696. The molecule has 1 aliphatic heterocycles. The third kappa shape index (κ3) is 1.99. The molecule has 3 nitrogen and oxygen atoms in total. The molecule has 0 spiro atoms. The Bertz CT molecular complexity index is 820. The van der Waals surface area contributed by atoms with Crippen LogP contribution in [0.15, 0.2) is 48.5 Å². The maximum atomic E-state index is 12.8. The van der Waals surface area contributed by atoms with Crippen LogP contribution in [0.5, 0.6) is 0 Å². The van der Waals surface area contributed by atoms with Gasteiger partial charge in [-0.3, -0.25) is 4.79 Å². The van der Waals surface area contributed by atoms with E-state index in [0.29, 0.717) is 0 Å². The Hall–Kier alpha value is -2.33. The standard InChI is InChI=1S/C17H14N2OS/c18-13-5-6-14-11(9-13)7-8-19(14)17(20)16-10-12-3-1-2-4-15(12)21-16/h1-6,9-10H,7-8,18H2. The lowest BCUT2D eigenvalue weighted by Gasteiger charge is -2.16. The Morgan fingerprint density at radius 3 is 2.86 bits per heavy atom. The van der Waals surface area contributed by atoms with Crippen molar-refractivity contribution in [3.8, 4) is 0 Å². The van der Waals surface area contributed by atoms with E-state index >= 15 is 0 Å². The number of amides is 1. The van der Waals surface area contributed by atoms with E-state index < -0.39 is 0 Å². The van der Waals surface area contributed by atoms with Crippen LogP contribution < -0.4 is 10.6 Å². The van der Waals surface area contributed by atoms with Crippen molar-refractivity contribution in [2.24, 2.45) is 0 Å². The number of anilines is 2. The Kier molecular flexibility index (Phi) is 2.72. The summed E-state index contributed by atoms with van der Waals surface area (Å²) in [6.07, 6.45) is 0.872. The van der Waals surface area contributed by atoms with E-state index in [9.17, 15) is 4.79 Å². The summed E-state index contributed by atoms with van der Waals surface area (Å²) in [6, 6.07) is 15.8. The van der Waals surface area contributed by atoms with Gasteiger partial charge in [-0.25, -0.2) is 0 Å². The van der Waals surface area contributed by atoms with Crippen molar-refractivity contribution in [3.63, 3.8) is 0 Å². The van der Waals surface area contributed by atoms with E-state index in [0.717, 1.165) is 44.9 Å². The third-order valence-corrected chi connectivity index (χ3v) is 4.98. The van der Waals surface area contributed by atoms with Gasteiger partial charge in [-0.15, -0.1) is 11.3 Å². The first-order valence-corrected chi connectivity index (χ1v) is 7.73. The number of nitrogens with two attached hydrogens (primary N) is 1. The molecule has 0 aliphatic carbocycles. The summed E-state index contributed by atoms with van der Waals surface area (Å²) in [5.41, 5.74) is 8.72. The lowest BCUT2D eigenvalue weighted by atomic mass is 10.1. The van der Waals surface area contributed by atoms with Crippen LogP contribution in [-0.4, -0.2) is 12.5 Å². The van der Waals surface area contributed by atoms with E-state index in [-0.39, 0.29) is 5.91 Å². The van der Waals surface area contributed by atoms with Crippen LogP contribution in [-0.2, 0) is 6.42 Å². The number of thiophene rings is 1. The van der Waals surface area contributed by atoms with E-state index in [1.165, 1.54) is 0 Å². The Labute approximate surface area is 126 Å². The minimum Gasteiger partial charge on any atom is -0.399 e. The van der Waals surface area contributed by atoms with Gasteiger partial charge < -0.3 is 10.6 Å². The van der Waals surface area contributed by atoms with Gasteiger partial charge in [-0.1, -0.05) is 18.2 Å². The van der Waals surface area contributed by atoms with Gasteiger partial charge in [0.2, 0.25) is 0 Å². The number of carbonyl (C=O) groups is 1. The highest BCUT2D eigenvalue weighted by Crippen LogP contribution is 2.33. The van der Waals surface area contributed by atoms with E-state index in [1.54, 1.807) is 11.3 Å². The summed E-state index contributed by atoms with van der Waals surface area (Å²) in [6.45, 7) is 0.728. The van der Waals surface area contributed by atoms with Crippen molar-refractivity contribution < 1.29 is 4.79 Å². The summed E-state index contributed by atoms with van der Waals surface area (Å²) in [7, 11) is 0. The lowest BCUT2D eigenvalue weighted by molar-refractivity contribution is 0.0993. The number of nitrogens with zero attached hydrogens (tertiary/aromatic N) is 1. The molecule has 0 fully saturated rings. The highest BCUT2D eigenvalue weighted by atomic mass is 32.1. The van der Waals surface area contributed by atoms with E-state index in [2.05, 4.69) is 6.07 Å². The smallest absolute Gasteiger partial charge is 0.268 e. The number of benzene rings is 2. The third-order valence-electron chi connectivity index (χ3n) is 3.88. The molecule has 2 aromatic carbocycles. The molecule has 0 saturated carbocycles. The number of rotatable bonds is 1. The van der Waals surface area contributed by atoms with Gasteiger partial charge in [-0.2, -0.15) is 0 Å². The normalized spacial score (nSPS) is 13.6. The van der Waals surface area contributed by atoms with E-state index in [1.807, 2.05) is 47.4 Å². The topological polar surface area (TPSA) is 46.3 Å². The summed E-state index contributed by atoms with van der Waals surface area (Å²) < 4.78 is 1.15. The van der Waals surface area contributed by atoms with Crippen molar-refractivity contribution in [3.05, 3.63) is 59.0 Å². The summed E-state index contributed by atoms with van der Waals surface area (Å²) in [4.78, 5) is 15.4. The van der Waals surface area contributed by atoms with Crippen LogP contribution in [0.4, 0.5) is 11.4 Å². The fourth-order valence-electron chi connectivity index (χ4n) is 2.85. The molecular weight excluding hydrogens is 280 g/mol. The van der Waals surface area contributed by atoms with Gasteiger partial charge in [0, 0.05) is 22.6 Å². The minimum atomic E-state index is 0.0831. The zero-order valence-corrected chi connectivity index (χ0v) is 12.2. The fourth-order valence-corrected chi connectivity index (χ4v) is 3.86. The molecule has 0 radical (unpaired) electrons. The maximum Gasteiger partial charge on any atom is 0.268 e. The first kappa shape index (κ1) is 12.4. The number of fused-ring (bicyclic) bond motifs is 2. The van der Waals surface area contributed by atoms with Gasteiger partial charge in [0.05, 0.1) is 4.88 Å². The molecule has 3 aromatic rings. The molecular formula is C17H14N2OS. The number of nitrogen functional groups attached to an aromatic ring is 1. The monoisotopic (exact) mass is 294 g/mol. The highest BCUT2D eigenvalue weighted by Gasteiger charge is 2.26. The van der Waals surface area contributed by atoms with Crippen LogP contribution in [0, 0.1) is 0 Å². The number of hydrogen-bond donors (Lipinski definition) is 1. The molecule has 0 atom stereocenters. The first-order valence-electron chi connectivity index (χ1n) is 6.91. The summed E-state index contributed by atoms with van der Waals surface area (Å²) >= 11 is 1.55.